The van der Waals surface area contributed by atoms with Crippen LogP contribution in [0.2, 0.25) is 0 Å². The van der Waals surface area contributed by atoms with Crippen LogP contribution in [-0.4, -0.2) is 22.7 Å². The number of aryl methyl sites for hydroxylation is 1. The summed E-state index contributed by atoms with van der Waals surface area (Å²) in [6.45, 7) is 1.98. The molecule has 7 nitrogen and oxygen atoms in total. The van der Waals surface area contributed by atoms with E-state index in [4.69, 9.17) is 13.9 Å². The second-order valence-corrected chi connectivity index (χ2v) is 5.56. The monoisotopic (exact) mass is 337 g/mol. The summed E-state index contributed by atoms with van der Waals surface area (Å²) in [5.74, 6) is 2.17. The minimum absolute atomic E-state index is 0.115. The van der Waals surface area contributed by atoms with E-state index < -0.39 is 0 Å². The zero-order chi connectivity index (χ0) is 17.2. The van der Waals surface area contributed by atoms with Crippen LogP contribution < -0.4 is 14.8 Å². The molecule has 0 unspecified atom stereocenters. The number of fused-ring (bicyclic) bond motifs is 1. The number of aromatic nitrogens is 2. The molecule has 0 saturated heterocycles. The van der Waals surface area contributed by atoms with Gasteiger partial charge in [-0.3, -0.25) is 9.78 Å². The molecule has 0 saturated carbocycles. The Bertz CT molecular complexity index is 921. The molecule has 0 aliphatic carbocycles. The van der Waals surface area contributed by atoms with Gasteiger partial charge in [0, 0.05) is 24.1 Å². The van der Waals surface area contributed by atoms with E-state index >= 15 is 0 Å². The lowest BCUT2D eigenvalue weighted by atomic mass is 10.2. The standard InChI is InChI=1S/C18H15N3O4/c1-11-14(21-18(25-11)12-3-2-6-19-9-12)8-17(22)20-13-4-5-15-16(7-13)24-10-23-15/h2-7,9H,8,10H2,1H3,(H,20,22). The zero-order valence-electron chi connectivity index (χ0n) is 13.5. The SMILES string of the molecule is Cc1oc(-c2cccnc2)nc1CC(=O)Nc1ccc2c(c1)OCO2. The van der Waals surface area contributed by atoms with E-state index in [1.165, 1.54) is 0 Å². The van der Waals surface area contributed by atoms with Crippen molar-refractivity contribution in [1.29, 1.82) is 0 Å². The molecule has 1 N–H and O–H groups in total. The molecule has 126 valence electrons. The number of carbonyl (C=O) groups is 1. The third-order valence-corrected chi connectivity index (χ3v) is 3.79. The molecule has 0 bridgehead atoms. The van der Waals surface area contributed by atoms with Gasteiger partial charge in [0.15, 0.2) is 11.5 Å². The molecule has 0 radical (unpaired) electrons. The molecule has 0 spiro atoms. The maximum Gasteiger partial charge on any atom is 0.231 e. The highest BCUT2D eigenvalue weighted by atomic mass is 16.7. The number of benzene rings is 1. The van der Waals surface area contributed by atoms with E-state index in [1.54, 1.807) is 43.6 Å². The van der Waals surface area contributed by atoms with Gasteiger partial charge in [0.2, 0.25) is 18.6 Å². The van der Waals surface area contributed by atoms with Crippen molar-refractivity contribution in [1.82, 2.24) is 9.97 Å². The fourth-order valence-electron chi connectivity index (χ4n) is 2.54. The van der Waals surface area contributed by atoms with E-state index in [-0.39, 0.29) is 19.1 Å². The highest BCUT2D eigenvalue weighted by molar-refractivity contribution is 5.92. The molecule has 1 amide bonds. The van der Waals surface area contributed by atoms with E-state index in [0.717, 1.165) is 5.56 Å². The van der Waals surface area contributed by atoms with Crippen molar-refractivity contribution in [3.8, 4) is 23.0 Å². The molecular weight excluding hydrogens is 322 g/mol. The van der Waals surface area contributed by atoms with Gasteiger partial charge in [-0.05, 0) is 31.2 Å². The summed E-state index contributed by atoms with van der Waals surface area (Å²) in [6.07, 6.45) is 3.46. The summed E-state index contributed by atoms with van der Waals surface area (Å²) < 4.78 is 16.2. The van der Waals surface area contributed by atoms with Gasteiger partial charge in [-0.2, -0.15) is 0 Å². The smallest absolute Gasteiger partial charge is 0.231 e. The number of carbonyl (C=O) groups excluding carboxylic acids is 1. The fraction of sp³-hybridized carbons (Fsp3) is 0.167. The molecule has 0 atom stereocenters. The Morgan fingerprint density at radius 2 is 2.12 bits per heavy atom. The van der Waals surface area contributed by atoms with Crippen LogP contribution in [0.5, 0.6) is 11.5 Å². The van der Waals surface area contributed by atoms with Gasteiger partial charge in [-0.1, -0.05) is 0 Å². The molecule has 2 aromatic heterocycles. The normalized spacial score (nSPS) is 12.2. The minimum atomic E-state index is -0.187. The van der Waals surface area contributed by atoms with Crippen LogP contribution in [0.25, 0.3) is 11.5 Å². The summed E-state index contributed by atoms with van der Waals surface area (Å²) in [4.78, 5) is 20.8. The van der Waals surface area contributed by atoms with E-state index in [2.05, 4.69) is 15.3 Å². The first kappa shape index (κ1) is 15.2. The molecule has 1 aromatic carbocycles. The molecule has 3 heterocycles. The van der Waals surface area contributed by atoms with Crippen molar-refractivity contribution < 1.29 is 18.7 Å². The first-order chi connectivity index (χ1) is 12.2. The maximum absolute atomic E-state index is 12.3. The highest BCUT2D eigenvalue weighted by Crippen LogP contribution is 2.34. The summed E-state index contributed by atoms with van der Waals surface area (Å²) in [5, 5.41) is 2.83. The summed E-state index contributed by atoms with van der Waals surface area (Å²) in [7, 11) is 0. The Hall–Kier alpha value is -3.35. The zero-order valence-corrected chi connectivity index (χ0v) is 13.5. The van der Waals surface area contributed by atoms with Crippen molar-refractivity contribution in [3.05, 3.63) is 54.2 Å². The van der Waals surface area contributed by atoms with Crippen LogP contribution in [0, 0.1) is 6.92 Å². The second-order valence-electron chi connectivity index (χ2n) is 5.56. The van der Waals surface area contributed by atoms with Crippen molar-refractivity contribution >= 4 is 11.6 Å². The third kappa shape index (κ3) is 3.16. The topological polar surface area (TPSA) is 86.5 Å². The van der Waals surface area contributed by atoms with Crippen LogP contribution in [0.3, 0.4) is 0 Å². The van der Waals surface area contributed by atoms with Gasteiger partial charge in [0.1, 0.15) is 5.76 Å². The lowest BCUT2D eigenvalue weighted by Crippen LogP contribution is -2.15. The minimum Gasteiger partial charge on any atom is -0.454 e. The second kappa shape index (κ2) is 6.27. The predicted molar refractivity (Wildman–Crippen MR) is 89.4 cm³/mol. The Morgan fingerprint density at radius 1 is 1.24 bits per heavy atom. The Morgan fingerprint density at radius 3 is 2.96 bits per heavy atom. The molecule has 25 heavy (non-hydrogen) atoms. The molecule has 1 aliphatic rings. The van der Waals surface area contributed by atoms with Crippen LogP contribution in [0.1, 0.15) is 11.5 Å². The van der Waals surface area contributed by atoms with Crippen LogP contribution in [-0.2, 0) is 11.2 Å². The average Bonchev–Trinajstić information content (AvgIpc) is 3.22. The number of amides is 1. The largest absolute Gasteiger partial charge is 0.454 e. The number of anilines is 1. The number of nitrogens with one attached hydrogen (secondary N) is 1. The molecular formula is C18H15N3O4. The van der Waals surface area contributed by atoms with Gasteiger partial charge in [-0.25, -0.2) is 4.98 Å². The Balaban J connectivity index is 1.47. The first-order valence-electron chi connectivity index (χ1n) is 7.75. The van der Waals surface area contributed by atoms with Crippen molar-refractivity contribution in [2.45, 2.75) is 13.3 Å². The quantitative estimate of drug-likeness (QED) is 0.788. The molecule has 1 aliphatic heterocycles. The van der Waals surface area contributed by atoms with E-state index in [1.807, 2.05) is 6.07 Å². The average molecular weight is 337 g/mol. The summed E-state index contributed by atoms with van der Waals surface area (Å²) in [6, 6.07) is 8.93. The third-order valence-electron chi connectivity index (χ3n) is 3.79. The number of hydrogen-bond acceptors (Lipinski definition) is 6. The van der Waals surface area contributed by atoms with Crippen molar-refractivity contribution in [2.24, 2.45) is 0 Å². The number of nitrogens with zero attached hydrogens (tertiary/aromatic N) is 2. The lowest BCUT2D eigenvalue weighted by Gasteiger charge is -2.05. The number of oxazole rings is 1. The fourth-order valence-corrected chi connectivity index (χ4v) is 2.54. The first-order valence-corrected chi connectivity index (χ1v) is 7.75. The van der Waals surface area contributed by atoms with E-state index in [9.17, 15) is 4.79 Å². The van der Waals surface area contributed by atoms with Crippen molar-refractivity contribution in [3.63, 3.8) is 0 Å². The summed E-state index contributed by atoms with van der Waals surface area (Å²) in [5.41, 5.74) is 2.01. The Kier molecular flexibility index (Phi) is 3.81. The lowest BCUT2D eigenvalue weighted by molar-refractivity contribution is -0.115. The van der Waals surface area contributed by atoms with Crippen LogP contribution in [0.15, 0.2) is 47.1 Å². The van der Waals surface area contributed by atoms with Gasteiger partial charge < -0.3 is 19.2 Å². The predicted octanol–water partition coefficient (Wildman–Crippen LogP) is 2.95. The van der Waals surface area contributed by atoms with Gasteiger partial charge >= 0.3 is 0 Å². The van der Waals surface area contributed by atoms with Crippen LogP contribution in [0.4, 0.5) is 5.69 Å². The summed E-state index contributed by atoms with van der Waals surface area (Å²) >= 11 is 0. The Labute approximate surface area is 143 Å². The number of rotatable bonds is 4. The van der Waals surface area contributed by atoms with Crippen LogP contribution >= 0.6 is 0 Å². The number of ether oxygens (including phenoxy) is 2. The van der Waals surface area contributed by atoms with Gasteiger partial charge in [0.05, 0.1) is 17.7 Å². The molecule has 7 heteroatoms. The number of hydrogen-bond donors (Lipinski definition) is 1. The van der Waals surface area contributed by atoms with Gasteiger partial charge in [0.25, 0.3) is 0 Å². The highest BCUT2D eigenvalue weighted by Gasteiger charge is 2.17. The molecule has 0 fully saturated rings. The van der Waals surface area contributed by atoms with Gasteiger partial charge in [-0.15, -0.1) is 0 Å². The molecule has 4 rings (SSSR count). The molecule has 3 aromatic rings. The van der Waals surface area contributed by atoms with Crippen molar-refractivity contribution in [2.75, 3.05) is 12.1 Å². The van der Waals surface area contributed by atoms with E-state index in [0.29, 0.717) is 34.5 Å². The maximum atomic E-state index is 12.3. The number of pyridine rings is 1.